The van der Waals surface area contributed by atoms with Gasteiger partial charge in [-0.1, -0.05) is 12.1 Å². The molecule has 12 heteroatoms. The first-order valence-corrected chi connectivity index (χ1v) is 14.3. The molecule has 2 saturated heterocycles. The molecule has 6 rings (SSSR count). The Kier molecular flexibility index (Phi) is 8.05. The first kappa shape index (κ1) is 26.8. The number of hydrogen-bond acceptors (Lipinski definition) is 8. The second kappa shape index (κ2) is 12.0. The minimum absolute atomic E-state index is 0.0556. The van der Waals surface area contributed by atoms with Crippen molar-refractivity contribution in [2.45, 2.75) is 57.0 Å². The summed E-state index contributed by atoms with van der Waals surface area (Å²) >= 11 is 0. The number of halogens is 2. The van der Waals surface area contributed by atoms with E-state index in [4.69, 9.17) is 14.7 Å². The number of nitrogens with zero attached hydrogens (tertiary/aromatic N) is 5. The van der Waals surface area contributed by atoms with Crippen molar-refractivity contribution in [3.8, 4) is 5.82 Å². The summed E-state index contributed by atoms with van der Waals surface area (Å²) in [4.78, 5) is 28.4. The van der Waals surface area contributed by atoms with E-state index in [2.05, 4.69) is 20.9 Å². The van der Waals surface area contributed by atoms with Crippen LogP contribution in [0.4, 0.5) is 20.5 Å². The van der Waals surface area contributed by atoms with Crippen molar-refractivity contribution < 1.29 is 18.3 Å². The van der Waals surface area contributed by atoms with Gasteiger partial charge in [-0.2, -0.15) is 9.97 Å². The van der Waals surface area contributed by atoms with E-state index in [0.717, 1.165) is 51.6 Å². The molecule has 214 valence electrons. The highest BCUT2D eigenvalue weighted by molar-refractivity contribution is 5.79. The first-order valence-electron chi connectivity index (χ1n) is 14.3. The Morgan fingerprint density at radius 2 is 1.80 bits per heavy atom. The van der Waals surface area contributed by atoms with Gasteiger partial charge < -0.3 is 25.6 Å². The van der Waals surface area contributed by atoms with E-state index >= 15 is 0 Å². The SMILES string of the molecule is O=C(NC1CCC(Nc2cc(-n3c(C(F)F)nc4ccccc43)nc(N3CCOCC3)n2)CC1)[C@@H]1CCCNC1. The van der Waals surface area contributed by atoms with Crippen molar-refractivity contribution in [2.24, 2.45) is 5.92 Å². The number of imidazole rings is 1. The number of fused-ring (bicyclic) bond motifs is 1. The van der Waals surface area contributed by atoms with E-state index < -0.39 is 6.43 Å². The van der Waals surface area contributed by atoms with Gasteiger partial charge in [0.15, 0.2) is 5.82 Å². The molecular formula is C28H36F2N8O2. The molecule has 10 nitrogen and oxygen atoms in total. The third-order valence-corrected chi connectivity index (χ3v) is 8.10. The van der Waals surface area contributed by atoms with Gasteiger partial charge in [0.25, 0.3) is 6.43 Å². The standard InChI is InChI=1S/C28H36F2N8O2/c29-25(30)26-34-21-5-1-2-6-22(21)38(26)24-16-23(35-28(36-24)37-12-14-40-15-13-37)32-19-7-9-20(10-8-19)33-27(39)18-4-3-11-31-17-18/h1-2,5-6,16,18-20,25,31H,3-4,7-15,17H2,(H,33,39)(H,32,35,36)/t18-,19?,20?/m1/s1. The number of hydrogen-bond donors (Lipinski definition) is 3. The van der Waals surface area contributed by atoms with Gasteiger partial charge in [-0.3, -0.25) is 9.36 Å². The van der Waals surface area contributed by atoms with E-state index in [1.54, 1.807) is 30.3 Å². The van der Waals surface area contributed by atoms with Crippen LogP contribution in [0, 0.1) is 5.92 Å². The summed E-state index contributed by atoms with van der Waals surface area (Å²) in [5.41, 5.74) is 1.06. The summed E-state index contributed by atoms with van der Waals surface area (Å²) < 4.78 is 35.2. The van der Waals surface area contributed by atoms with E-state index in [-0.39, 0.29) is 29.7 Å². The lowest BCUT2D eigenvalue weighted by Gasteiger charge is -2.32. The topological polar surface area (TPSA) is 109 Å². The number of nitrogens with one attached hydrogen (secondary N) is 3. The Morgan fingerprint density at radius 3 is 2.55 bits per heavy atom. The molecule has 1 atom stereocenters. The molecule has 0 spiro atoms. The third kappa shape index (κ3) is 5.87. The Hall–Kier alpha value is -3.38. The lowest BCUT2D eigenvalue weighted by Crippen LogP contribution is -2.46. The number of alkyl halides is 2. The number of rotatable bonds is 7. The predicted octanol–water partition coefficient (Wildman–Crippen LogP) is 3.43. The number of anilines is 2. The van der Waals surface area contributed by atoms with Crippen LogP contribution in [0.25, 0.3) is 16.9 Å². The molecular weight excluding hydrogens is 518 g/mol. The zero-order valence-electron chi connectivity index (χ0n) is 22.5. The highest BCUT2D eigenvalue weighted by atomic mass is 19.3. The van der Waals surface area contributed by atoms with Crippen LogP contribution >= 0.6 is 0 Å². The summed E-state index contributed by atoms with van der Waals surface area (Å²) in [5.74, 6) is 1.28. The second-order valence-electron chi connectivity index (χ2n) is 10.9. The molecule has 2 aromatic heterocycles. The van der Waals surface area contributed by atoms with Crippen molar-refractivity contribution in [1.82, 2.24) is 30.2 Å². The van der Waals surface area contributed by atoms with Crippen LogP contribution in [0.1, 0.15) is 50.8 Å². The third-order valence-electron chi connectivity index (χ3n) is 8.10. The second-order valence-corrected chi connectivity index (χ2v) is 10.9. The predicted molar refractivity (Wildman–Crippen MR) is 148 cm³/mol. The fourth-order valence-corrected chi connectivity index (χ4v) is 5.93. The molecule has 2 aliphatic heterocycles. The average Bonchev–Trinajstić information content (AvgIpc) is 3.39. The molecule has 1 aromatic carbocycles. The Labute approximate surface area is 231 Å². The van der Waals surface area contributed by atoms with Crippen molar-refractivity contribution in [3.05, 3.63) is 36.2 Å². The number of aromatic nitrogens is 4. The van der Waals surface area contributed by atoms with Crippen molar-refractivity contribution in [2.75, 3.05) is 49.6 Å². The maximum atomic E-state index is 14.1. The van der Waals surface area contributed by atoms with Crippen LogP contribution in [0.2, 0.25) is 0 Å². The number of para-hydroxylation sites is 2. The Morgan fingerprint density at radius 1 is 1.02 bits per heavy atom. The molecule has 40 heavy (non-hydrogen) atoms. The molecule has 3 aromatic rings. The molecule has 0 unspecified atom stereocenters. The van der Waals surface area contributed by atoms with Crippen molar-refractivity contribution in [1.29, 1.82) is 0 Å². The summed E-state index contributed by atoms with van der Waals surface area (Å²) in [6.07, 6.45) is 2.71. The summed E-state index contributed by atoms with van der Waals surface area (Å²) in [7, 11) is 0. The minimum Gasteiger partial charge on any atom is -0.378 e. The molecule has 3 N–H and O–H groups in total. The number of carbonyl (C=O) groups excluding carboxylic acids is 1. The summed E-state index contributed by atoms with van der Waals surface area (Å²) in [5, 5.41) is 10.1. The van der Waals surface area contributed by atoms with Crippen LogP contribution in [0.3, 0.4) is 0 Å². The van der Waals surface area contributed by atoms with Gasteiger partial charge in [0.05, 0.1) is 30.2 Å². The summed E-state index contributed by atoms with van der Waals surface area (Å²) in [6, 6.07) is 9.14. The Bertz CT molecular complexity index is 1310. The van der Waals surface area contributed by atoms with Gasteiger partial charge in [-0.25, -0.2) is 13.8 Å². The van der Waals surface area contributed by atoms with Gasteiger partial charge in [-0.05, 0) is 57.2 Å². The number of amides is 1. The fraction of sp³-hybridized carbons (Fsp3) is 0.571. The quantitative estimate of drug-likeness (QED) is 0.408. The molecule has 3 fully saturated rings. The van der Waals surface area contributed by atoms with Crippen LogP contribution in [-0.4, -0.2) is 76.9 Å². The lowest BCUT2D eigenvalue weighted by molar-refractivity contribution is -0.126. The average molecular weight is 555 g/mol. The van der Waals surface area contributed by atoms with Gasteiger partial charge in [0.1, 0.15) is 11.6 Å². The van der Waals surface area contributed by atoms with Gasteiger partial charge in [0, 0.05) is 37.8 Å². The van der Waals surface area contributed by atoms with Crippen LogP contribution in [0.5, 0.6) is 0 Å². The molecule has 1 saturated carbocycles. The zero-order chi connectivity index (χ0) is 27.5. The minimum atomic E-state index is -2.76. The smallest absolute Gasteiger partial charge is 0.296 e. The molecule has 3 aliphatic rings. The monoisotopic (exact) mass is 554 g/mol. The zero-order valence-corrected chi connectivity index (χ0v) is 22.5. The number of ether oxygens (including phenoxy) is 1. The summed E-state index contributed by atoms with van der Waals surface area (Å²) in [6.45, 7) is 4.09. The maximum absolute atomic E-state index is 14.1. The van der Waals surface area contributed by atoms with Crippen LogP contribution in [-0.2, 0) is 9.53 Å². The molecule has 1 amide bonds. The molecule has 1 aliphatic carbocycles. The highest BCUT2D eigenvalue weighted by Gasteiger charge is 2.28. The van der Waals surface area contributed by atoms with Crippen molar-refractivity contribution >= 4 is 28.7 Å². The number of morpholine rings is 1. The van der Waals surface area contributed by atoms with E-state index in [0.29, 0.717) is 54.9 Å². The Balaban J connectivity index is 1.22. The largest absolute Gasteiger partial charge is 0.378 e. The molecule has 0 bridgehead atoms. The number of benzene rings is 1. The molecule has 4 heterocycles. The number of carbonyl (C=O) groups is 1. The van der Waals surface area contributed by atoms with Gasteiger partial charge >= 0.3 is 0 Å². The van der Waals surface area contributed by atoms with Crippen LogP contribution in [0.15, 0.2) is 30.3 Å². The van der Waals surface area contributed by atoms with E-state index in [1.165, 1.54) is 4.57 Å². The number of piperidine rings is 1. The van der Waals surface area contributed by atoms with E-state index in [9.17, 15) is 13.6 Å². The highest BCUT2D eigenvalue weighted by Crippen LogP contribution is 2.30. The maximum Gasteiger partial charge on any atom is 0.296 e. The van der Waals surface area contributed by atoms with Gasteiger partial charge in [0.2, 0.25) is 11.9 Å². The first-order chi connectivity index (χ1) is 19.5. The van der Waals surface area contributed by atoms with E-state index in [1.807, 2.05) is 4.90 Å². The lowest BCUT2D eigenvalue weighted by atomic mass is 9.90. The molecule has 0 radical (unpaired) electrons. The normalized spacial score (nSPS) is 23.9. The van der Waals surface area contributed by atoms with Gasteiger partial charge in [-0.15, -0.1) is 0 Å². The van der Waals surface area contributed by atoms with Crippen LogP contribution < -0.4 is 20.9 Å². The fourth-order valence-electron chi connectivity index (χ4n) is 5.93. The van der Waals surface area contributed by atoms with Crippen molar-refractivity contribution in [3.63, 3.8) is 0 Å².